The van der Waals surface area contributed by atoms with Crippen molar-refractivity contribution in [2.75, 3.05) is 44.7 Å². The molecule has 1 aliphatic rings. The second kappa shape index (κ2) is 7.69. The van der Waals surface area contributed by atoms with E-state index in [2.05, 4.69) is 15.5 Å². The molecule has 20 heavy (non-hydrogen) atoms. The normalized spacial score (nSPS) is 15.9. The molecule has 2 amide bonds. The Balaban J connectivity index is 1.73. The van der Waals surface area contributed by atoms with Crippen molar-refractivity contribution in [3.63, 3.8) is 0 Å². The summed E-state index contributed by atoms with van der Waals surface area (Å²) in [4.78, 5) is 14.0. The molecule has 1 fully saturated rings. The van der Waals surface area contributed by atoms with Gasteiger partial charge in [0.05, 0.1) is 23.9 Å². The Hall–Kier alpha value is -1.01. The maximum absolute atomic E-state index is 11.8. The predicted octanol–water partition coefficient (Wildman–Crippen LogP) is 2.45. The lowest BCUT2D eigenvalue weighted by atomic mass is 10.3. The first kappa shape index (κ1) is 15.4. The van der Waals surface area contributed by atoms with E-state index in [4.69, 9.17) is 27.9 Å². The Labute approximate surface area is 128 Å². The maximum Gasteiger partial charge on any atom is 0.319 e. The monoisotopic (exact) mass is 317 g/mol. The molecule has 1 aliphatic heterocycles. The summed E-state index contributed by atoms with van der Waals surface area (Å²) in [5.74, 6) is 0. The number of carbonyl (C=O) groups is 1. The van der Waals surface area contributed by atoms with E-state index in [0.29, 0.717) is 22.3 Å². The van der Waals surface area contributed by atoms with Crippen molar-refractivity contribution >= 4 is 34.9 Å². The lowest BCUT2D eigenvalue weighted by Crippen LogP contribution is -2.42. The van der Waals surface area contributed by atoms with E-state index in [1.807, 2.05) is 0 Å². The molecule has 7 heteroatoms. The molecule has 5 nitrogen and oxygen atoms in total. The quantitative estimate of drug-likeness (QED) is 0.896. The molecule has 1 heterocycles. The number of nitrogens with one attached hydrogen (secondary N) is 2. The zero-order chi connectivity index (χ0) is 14.4. The highest BCUT2D eigenvalue weighted by Gasteiger charge is 2.10. The number of nitrogens with zero attached hydrogens (tertiary/aromatic N) is 1. The molecule has 0 unspecified atom stereocenters. The molecular weight excluding hydrogens is 301 g/mol. The van der Waals surface area contributed by atoms with Gasteiger partial charge in [-0.2, -0.15) is 0 Å². The molecule has 1 saturated heterocycles. The van der Waals surface area contributed by atoms with Gasteiger partial charge in [-0.05, 0) is 18.2 Å². The predicted molar refractivity (Wildman–Crippen MR) is 80.7 cm³/mol. The Bertz CT molecular complexity index is 465. The van der Waals surface area contributed by atoms with E-state index in [1.165, 1.54) is 0 Å². The summed E-state index contributed by atoms with van der Waals surface area (Å²) in [5.41, 5.74) is 0.503. The Morgan fingerprint density at radius 1 is 1.30 bits per heavy atom. The van der Waals surface area contributed by atoms with Gasteiger partial charge in [0.15, 0.2) is 0 Å². The van der Waals surface area contributed by atoms with Crippen LogP contribution < -0.4 is 10.6 Å². The molecule has 1 aromatic rings. The van der Waals surface area contributed by atoms with Crippen LogP contribution in [0.15, 0.2) is 18.2 Å². The molecule has 0 aliphatic carbocycles. The fourth-order valence-corrected chi connectivity index (χ4v) is 2.25. The van der Waals surface area contributed by atoms with E-state index >= 15 is 0 Å². The summed E-state index contributed by atoms with van der Waals surface area (Å²) in [5, 5.41) is 6.45. The fraction of sp³-hybridized carbons (Fsp3) is 0.462. The van der Waals surface area contributed by atoms with Crippen LogP contribution in [0.4, 0.5) is 10.5 Å². The smallest absolute Gasteiger partial charge is 0.319 e. The summed E-state index contributed by atoms with van der Waals surface area (Å²) >= 11 is 11.8. The van der Waals surface area contributed by atoms with Crippen LogP contribution in [0.25, 0.3) is 0 Å². The molecule has 0 bridgehead atoms. The first-order valence-electron chi connectivity index (χ1n) is 6.45. The molecule has 0 aromatic heterocycles. The molecular formula is C13H17Cl2N3O2. The largest absolute Gasteiger partial charge is 0.379 e. The maximum atomic E-state index is 11.8. The number of ether oxygens (including phenoxy) is 1. The summed E-state index contributed by atoms with van der Waals surface area (Å²) in [7, 11) is 0. The number of urea groups is 1. The SMILES string of the molecule is O=C(NCCN1CCOCC1)Nc1cc(Cl)ccc1Cl. The molecule has 2 N–H and O–H groups in total. The van der Waals surface area contributed by atoms with Crippen LogP contribution in [0.5, 0.6) is 0 Å². The third-order valence-electron chi connectivity index (χ3n) is 2.99. The van der Waals surface area contributed by atoms with E-state index in [1.54, 1.807) is 18.2 Å². The van der Waals surface area contributed by atoms with Crippen molar-refractivity contribution < 1.29 is 9.53 Å². The van der Waals surface area contributed by atoms with Crippen molar-refractivity contribution in [3.05, 3.63) is 28.2 Å². The molecule has 2 rings (SSSR count). The van der Waals surface area contributed by atoms with Gasteiger partial charge >= 0.3 is 6.03 Å². The van der Waals surface area contributed by atoms with Crippen LogP contribution >= 0.6 is 23.2 Å². The third kappa shape index (κ3) is 4.83. The highest BCUT2D eigenvalue weighted by Crippen LogP contribution is 2.25. The molecule has 0 radical (unpaired) electrons. The van der Waals surface area contributed by atoms with Gasteiger partial charge in [0.2, 0.25) is 0 Å². The molecule has 110 valence electrons. The van der Waals surface area contributed by atoms with Crippen LogP contribution in [-0.2, 0) is 4.74 Å². The van der Waals surface area contributed by atoms with Crippen molar-refractivity contribution in [1.82, 2.24) is 10.2 Å². The van der Waals surface area contributed by atoms with Gasteiger partial charge in [-0.1, -0.05) is 23.2 Å². The van der Waals surface area contributed by atoms with Gasteiger partial charge in [0.25, 0.3) is 0 Å². The van der Waals surface area contributed by atoms with E-state index in [-0.39, 0.29) is 6.03 Å². The number of carbonyl (C=O) groups excluding carboxylic acids is 1. The van der Waals surface area contributed by atoms with Gasteiger partial charge in [-0.3, -0.25) is 4.90 Å². The van der Waals surface area contributed by atoms with Gasteiger partial charge < -0.3 is 15.4 Å². The van der Waals surface area contributed by atoms with Crippen LogP contribution in [0, 0.1) is 0 Å². The number of amides is 2. The van der Waals surface area contributed by atoms with Crippen molar-refractivity contribution in [3.8, 4) is 0 Å². The van der Waals surface area contributed by atoms with Crippen LogP contribution in [0.1, 0.15) is 0 Å². The number of benzene rings is 1. The number of hydrogen-bond donors (Lipinski definition) is 2. The molecule has 0 spiro atoms. The summed E-state index contributed by atoms with van der Waals surface area (Å²) in [6.07, 6.45) is 0. The topological polar surface area (TPSA) is 53.6 Å². The van der Waals surface area contributed by atoms with E-state index in [0.717, 1.165) is 32.8 Å². The zero-order valence-corrected chi connectivity index (χ0v) is 12.5. The number of morpholine rings is 1. The molecule has 0 atom stereocenters. The number of halogens is 2. The zero-order valence-electron chi connectivity index (χ0n) is 11.0. The van der Waals surface area contributed by atoms with Crippen molar-refractivity contribution in [2.24, 2.45) is 0 Å². The van der Waals surface area contributed by atoms with Crippen molar-refractivity contribution in [2.45, 2.75) is 0 Å². The number of anilines is 1. The third-order valence-corrected chi connectivity index (χ3v) is 3.56. The highest BCUT2D eigenvalue weighted by atomic mass is 35.5. The van der Waals surface area contributed by atoms with E-state index in [9.17, 15) is 4.79 Å². The number of rotatable bonds is 4. The second-order valence-electron chi connectivity index (χ2n) is 4.46. The first-order valence-corrected chi connectivity index (χ1v) is 7.21. The Morgan fingerprint density at radius 3 is 2.80 bits per heavy atom. The van der Waals surface area contributed by atoms with E-state index < -0.39 is 0 Å². The summed E-state index contributed by atoms with van der Waals surface area (Å²) in [6, 6.07) is 4.65. The standard InChI is InChI=1S/C13H17Cl2N3O2/c14-10-1-2-11(15)12(9-10)17-13(19)16-3-4-18-5-7-20-8-6-18/h1-2,9H,3-8H2,(H2,16,17,19). The second-order valence-corrected chi connectivity index (χ2v) is 5.30. The Morgan fingerprint density at radius 2 is 2.05 bits per heavy atom. The van der Waals surface area contributed by atoms with Gasteiger partial charge in [0.1, 0.15) is 0 Å². The van der Waals surface area contributed by atoms with Crippen LogP contribution in [0.3, 0.4) is 0 Å². The van der Waals surface area contributed by atoms with Crippen LogP contribution in [-0.4, -0.2) is 50.3 Å². The Kier molecular flexibility index (Phi) is 5.91. The number of hydrogen-bond acceptors (Lipinski definition) is 3. The average Bonchev–Trinajstić information content (AvgIpc) is 2.44. The fourth-order valence-electron chi connectivity index (χ4n) is 1.91. The first-order chi connectivity index (χ1) is 9.65. The van der Waals surface area contributed by atoms with Gasteiger partial charge in [-0.25, -0.2) is 4.79 Å². The van der Waals surface area contributed by atoms with Crippen molar-refractivity contribution in [1.29, 1.82) is 0 Å². The molecule has 1 aromatic carbocycles. The molecule has 0 saturated carbocycles. The summed E-state index contributed by atoms with van der Waals surface area (Å²) < 4.78 is 5.26. The minimum Gasteiger partial charge on any atom is -0.379 e. The average molecular weight is 318 g/mol. The summed E-state index contributed by atoms with van der Waals surface area (Å²) in [6.45, 7) is 4.70. The minimum atomic E-state index is -0.289. The lowest BCUT2D eigenvalue weighted by Gasteiger charge is -2.26. The van der Waals surface area contributed by atoms with Crippen LogP contribution in [0.2, 0.25) is 10.0 Å². The van der Waals surface area contributed by atoms with Gasteiger partial charge in [0, 0.05) is 31.2 Å². The highest BCUT2D eigenvalue weighted by molar-refractivity contribution is 6.35. The van der Waals surface area contributed by atoms with Gasteiger partial charge in [-0.15, -0.1) is 0 Å². The minimum absolute atomic E-state index is 0.289. The lowest BCUT2D eigenvalue weighted by molar-refractivity contribution is 0.0388.